The standard InChI is InChI=1S/C23H23N5O3/c1-3-26-22(30)19-11-7-8-12-20(19)27(23(26)31)16-21(29)25(2)14-17-13-24-28(15-17)18-9-5-4-6-10-18/h4-13,15H,3,14,16H2,1-2H3. The van der Waals surface area contributed by atoms with Crippen LogP contribution in [-0.4, -0.2) is 36.8 Å². The number of fused-ring (bicyclic) bond motifs is 1. The molecule has 2 aromatic carbocycles. The SMILES string of the molecule is CCn1c(=O)c2ccccc2n(CC(=O)N(C)Cc2cnn(-c3ccccc3)c2)c1=O. The molecule has 0 spiro atoms. The van der Waals surface area contributed by atoms with Crippen LogP contribution in [0, 0.1) is 0 Å². The van der Waals surface area contributed by atoms with Crippen LogP contribution in [-0.2, 0) is 24.4 Å². The van der Waals surface area contributed by atoms with Crippen LogP contribution in [0.5, 0.6) is 0 Å². The smallest absolute Gasteiger partial charge is 0.331 e. The van der Waals surface area contributed by atoms with Gasteiger partial charge >= 0.3 is 5.69 Å². The van der Waals surface area contributed by atoms with Gasteiger partial charge in [-0.15, -0.1) is 0 Å². The highest BCUT2D eigenvalue weighted by atomic mass is 16.2. The topological polar surface area (TPSA) is 82.1 Å². The van der Waals surface area contributed by atoms with Crippen LogP contribution in [0.1, 0.15) is 12.5 Å². The third-order valence-corrected chi connectivity index (χ3v) is 5.24. The molecule has 2 heterocycles. The summed E-state index contributed by atoms with van der Waals surface area (Å²) >= 11 is 0. The van der Waals surface area contributed by atoms with Crippen molar-refractivity contribution in [2.45, 2.75) is 26.6 Å². The molecule has 0 N–H and O–H groups in total. The number of carbonyl (C=O) groups is 1. The van der Waals surface area contributed by atoms with E-state index in [0.29, 0.717) is 17.4 Å². The summed E-state index contributed by atoms with van der Waals surface area (Å²) in [5.74, 6) is -0.235. The second kappa shape index (κ2) is 8.43. The number of carbonyl (C=O) groups excluding carboxylic acids is 1. The van der Waals surface area contributed by atoms with E-state index < -0.39 is 5.69 Å². The van der Waals surface area contributed by atoms with Gasteiger partial charge in [0.1, 0.15) is 6.54 Å². The molecule has 1 amide bonds. The van der Waals surface area contributed by atoms with Gasteiger partial charge in [-0.05, 0) is 31.2 Å². The van der Waals surface area contributed by atoms with Crippen molar-refractivity contribution in [2.75, 3.05) is 7.05 Å². The molecule has 31 heavy (non-hydrogen) atoms. The molecular weight excluding hydrogens is 394 g/mol. The minimum atomic E-state index is -0.482. The van der Waals surface area contributed by atoms with Gasteiger partial charge < -0.3 is 4.90 Å². The van der Waals surface area contributed by atoms with Gasteiger partial charge in [-0.1, -0.05) is 30.3 Å². The second-order valence-corrected chi connectivity index (χ2v) is 7.31. The van der Waals surface area contributed by atoms with E-state index in [1.54, 1.807) is 54.0 Å². The van der Waals surface area contributed by atoms with Crippen LogP contribution >= 0.6 is 0 Å². The molecule has 4 aromatic rings. The summed E-state index contributed by atoms with van der Waals surface area (Å²) < 4.78 is 4.27. The summed E-state index contributed by atoms with van der Waals surface area (Å²) in [7, 11) is 1.69. The normalized spacial score (nSPS) is 11.0. The number of amides is 1. The maximum Gasteiger partial charge on any atom is 0.331 e. The number of benzene rings is 2. The number of hydrogen-bond donors (Lipinski definition) is 0. The molecular formula is C23H23N5O3. The zero-order valence-electron chi connectivity index (χ0n) is 17.4. The highest BCUT2D eigenvalue weighted by molar-refractivity contribution is 5.81. The number of rotatable bonds is 6. The fourth-order valence-electron chi connectivity index (χ4n) is 3.58. The summed E-state index contributed by atoms with van der Waals surface area (Å²) in [5, 5.41) is 4.78. The van der Waals surface area contributed by atoms with Crippen molar-refractivity contribution in [1.82, 2.24) is 23.8 Å². The highest BCUT2D eigenvalue weighted by Gasteiger charge is 2.17. The Hall–Kier alpha value is -3.94. The lowest BCUT2D eigenvalue weighted by Crippen LogP contribution is -2.42. The van der Waals surface area contributed by atoms with Crippen LogP contribution in [0.2, 0.25) is 0 Å². The first-order valence-electron chi connectivity index (χ1n) is 10.0. The van der Waals surface area contributed by atoms with Gasteiger partial charge in [0.05, 0.1) is 22.8 Å². The Morgan fingerprint density at radius 2 is 1.71 bits per heavy atom. The Morgan fingerprint density at radius 1 is 1.00 bits per heavy atom. The van der Waals surface area contributed by atoms with Crippen molar-refractivity contribution >= 4 is 16.8 Å². The van der Waals surface area contributed by atoms with Gasteiger partial charge in [-0.25, -0.2) is 9.48 Å². The predicted molar refractivity (Wildman–Crippen MR) is 118 cm³/mol. The number of likely N-dealkylation sites (N-methyl/N-ethyl adjacent to an activating group) is 1. The molecule has 2 aromatic heterocycles. The summed E-state index contributed by atoms with van der Waals surface area (Å²) in [6.07, 6.45) is 3.59. The van der Waals surface area contributed by atoms with Gasteiger partial charge in [0.25, 0.3) is 5.56 Å². The van der Waals surface area contributed by atoms with Gasteiger partial charge in [0, 0.05) is 31.9 Å². The van der Waals surface area contributed by atoms with Crippen LogP contribution in [0.3, 0.4) is 0 Å². The Morgan fingerprint density at radius 3 is 2.45 bits per heavy atom. The van der Waals surface area contributed by atoms with E-state index in [4.69, 9.17) is 0 Å². The molecule has 158 valence electrons. The van der Waals surface area contributed by atoms with Crippen molar-refractivity contribution in [3.05, 3.63) is 93.4 Å². The molecule has 0 saturated carbocycles. The highest BCUT2D eigenvalue weighted by Crippen LogP contribution is 2.11. The lowest BCUT2D eigenvalue weighted by Gasteiger charge is -2.18. The van der Waals surface area contributed by atoms with Crippen molar-refractivity contribution in [3.8, 4) is 5.69 Å². The largest absolute Gasteiger partial charge is 0.340 e. The Balaban J connectivity index is 1.58. The van der Waals surface area contributed by atoms with Gasteiger partial charge in [-0.2, -0.15) is 5.10 Å². The first-order chi connectivity index (χ1) is 15.0. The molecule has 8 nitrogen and oxygen atoms in total. The fourth-order valence-corrected chi connectivity index (χ4v) is 3.58. The maximum absolute atomic E-state index is 12.9. The average Bonchev–Trinajstić information content (AvgIpc) is 3.26. The van der Waals surface area contributed by atoms with Crippen LogP contribution in [0.25, 0.3) is 16.6 Å². The minimum absolute atomic E-state index is 0.150. The molecule has 4 rings (SSSR count). The molecule has 0 bridgehead atoms. The zero-order valence-corrected chi connectivity index (χ0v) is 17.4. The molecule has 0 atom stereocenters. The summed E-state index contributed by atoms with van der Waals surface area (Å²) in [5.41, 5.74) is 1.44. The third kappa shape index (κ3) is 3.92. The lowest BCUT2D eigenvalue weighted by molar-refractivity contribution is -0.131. The number of para-hydroxylation sites is 2. The third-order valence-electron chi connectivity index (χ3n) is 5.24. The first-order valence-corrected chi connectivity index (χ1v) is 10.0. The Labute approximate surface area is 178 Å². The van der Waals surface area contributed by atoms with E-state index in [9.17, 15) is 14.4 Å². The van der Waals surface area contributed by atoms with Gasteiger partial charge in [-0.3, -0.25) is 18.7 Å². The molecule has 0 fully saturated rings. The molecule has 0 saturated heterocycles. The number of nitrogens with zero attached hydrogens (tertiary/aromatic N) is 5. The predicted octanol–water partition coefficient (Wildman–Crippen LogP) is 2.03. The average molecular weight is 417 g/mol. The van der Waals surface area contributed by atoms with Crippen LogP contribution in [0.15, 0.2) is 76.6 Å². The van der Waals surface area contributed by atoms with Gasteiger partial charge in [0.2, 0.25) is 5.91 Å². The molecule has 0 aliphatic heterocycles. The minimum Gasteiger partial charge on any atom is -0.340 e. The van der Waals surface area contributed by atoms with Crippen LogP contribution < -0.4 is 11.2 Å². The quantitative estimate of drug-likeness (QED) is 0.481. The molecule has 0 aliphatic carbocycles. The maximum atomic E-state index is 12.9. The summed E-state index contributed by atoms with van der Waals surface area (Å²) in [6, 6.07) is 16.6. The summed E-state index contributed by atoms with van der Waals surface area (Å²) in [4.78, 5) is 39.9. The van der Waals surface area contributed by atoms with E-state index in [1.807, 2.05) is 36.5 Å². The van der Waals surface area contributed by atoms with E-state index >= 15 is 0 Å². The molecule has 0 unspecified atom stereocenters. The molecule has 0 aliphatic rings. The molecule has 0 radical (unpaired) electrons. The van der Waals surface area contributed by atoms with E-state index in [1.165, 1.54) is 4.57 Å². The summed E-state index contributed by atoms with van der Waals surface area (Å²) in [6.45, 7) is 2.18. The van der Waals surface area contributed by atoms with Crippen LogP contribution in [0.4, 0.5) is 0 Å². The Kier molecular flexibility index (Phi) is 5.53. The number of hydrogen-bond acceptors (Lipinski definition) is 4. The van der Waals surface area contributed by atoms with Gasteiger partial charge in [0.15, 0.2) is 0 Å². The van der Waals surface area contributed by atoms with E-state index in [0.717, 1.165) is 15.8 Å². The zero-order chi connectivity index (χ0) is 22.0. The monoisotopic (exact) mass is 417 g/mol. The number of aromatic nitrogens is 4. The van der Waals surface area contributed by atoms with E-state index in [-0.39, 0.29) is 24.6 Å². The fraction of sp³-hybridized carbons (Fsp3) is 0.217. The van der Waals surface area contributed by atoms with Crippen molar-refractivity contribution in [3.63, 3.8) is 0 Å². The second-order valence-electron chi connectivity index (χ2n) is 7.31. The Bertz CT molecular complexity index is 1350. The lowest BCUT2D eigenvalue weighted by atomic mass is 10.2. The van der Waals surface area contributed by atoms with Crippen molar-refractivity contribution < 1.29 is 4.79 Å². The molecule has 8 heteroatoms. The van der Waals surface area contributed by atoms with E-state index in [2.05, 4.69) is 5.10 Å². The van der Waals surface area contributed by atoms with Crippen molar-refractivity contribution in [1.29, 1.82) is 0 Å². The first kappa shape index (κ1) is 20.3. The van der Waals surface area contributed by atoms with Crippen molar-refractivity contribution in [2.24, 2.45) is 0 Å².